The maximum Gasteiger partial charge on any atom is 0.305 e. The summed E-state index contributed by atoms with van der Waals surface area (Å²) in [4.78, 5) is 24.5. The van der Waals surface area contributed by atoms with Crippen LogP contribution < -0.4 is 5.32 Å². The third kappa shape index (κ3) is 59.8. The molecule has 0 aliphatic heterocycles. The summed E-state index contributed by atoms with van der Waals surface area (Å²) in [5.41, 5.74) is 0. The number of carbonyl (C=O) groups is 2. The van der Waals surface area contributed by atoms with Gasteiger partial charge in [0.15, 0.2) is 0 Å². The van der Waals surface area contributed by atoms with E-state index in [2.05, 4.69) is 19.2 Å². The number of unbranched alkanes of at least 4 members (excludes halogenated alkanes) is 53. The summed E-state index contributed by atoms with van der Waals surface area (Å²) < 4.78 is 5.50. The first-order valence-electron chi connectivity index (χ1n) is 34.0. The van der Waals surface area contributed by atoms with Crippen LogP contribution in [0.2, 0.25) is 0 Å². The maximum absolute atomic E-state index is 12.4. The van der Waals surface area contributed by atoms with E-state index in [-0.39, 0.29) is 18.5 Å². The minimum atomic E-state index is -0.839. The Hall–Kier alpha value is -1.40. The summed E-state index contributed by atoms with van der Waals surface area (Å²) in [5.74, 6) is -0.0390. The Morgan fingerprint density at radius 1 is 0.365 bits per heavy atom. The lowest BCUT2D eigenvalue weighted by Gasteiger charge is -2.20. The molecule has 6 heteroatoms. The molecule has 74 heavy (non-hydrogen) atoms. The summed E-state index contributed by atoms with van der Waals surface area (Å²) >= 11 is 0. The highest BCUT2D eigenvalue weighted by Crippen LogP contribution is 2.19. The zero-order valence-corrected chi connectivity index (χ0v) is 50.4. The maximum atomic E-state index is 12.4. The van der Waals surface area contributed by atoms with Crippen molar-refractivity contribution in [3.63, 3.8) is 0 Å². The number of amides is 1. The number of allylic oxidation sites excluding steroid dienone is 1. The average molecular weight is 1040 g/mol. The second kappa shape index (κ2) is 64.1. The van der Waals surface area contributed by atoms with Crippen LogP contribution in [0, 0.1) is 0 Å². The molecule has 0 heterocycles. The molecule has 0 aliphatic rings. The first-order valence-corrected chi connectivity index (χ1v) is 34.0. The van der Waals surface area contributed by atoms with Gasteiger partial charge in [0.05, 0.1) is 25.4 Å². The summed E-state index contributed by atoms with van der Waals surface area (Å²) in [6.07, 6.45) is 78.7. The van der Waals surface area contributed by atoms with Crippen molar-refractivity contribution in [2.45, 2.75) is 398 Å². The Balaban J connectivity index is 3.30. The first kappa shape index (κ1) is 72.6. The van der Waals surface area contributed by atoms with E-state index in [1.807, 2.05) is 6.08 Å². The van der Waals surface area contributed by atoms with Gasteiger partial charge in [-0.15, -0.1) is 0 Å². The topological polar surface area (TPSA) is 95.9 Å². The minimum absolute atomic E-state index is 0.0238. The highest BCUT2D eigenvalue weighted by atomic mass is 16.5. The van der Waals surface area contributed by atoms with Crippen LogP contribution in [0.25, 0.3) is 0 Å². The lowest BCUT2D eigenvalue weighted by Crippen LogP contribution is -2.45. The molecule has 0 aliphatic carbocycles. The number of rotatable bonds is 64. The normalized spacial score (nSPS) is 12.5. The molecule has 0 fully saturated rings. The highest BCUT2D eigenvalue weighted by molar-refractivity contribution is 5.76. The van der Waals surface area contributed by atoms with Crippen LogP contribution in [-0.4, -0.2) is 47.4 Å². The van der Waals surface area contributed by atoms with Gasteiger partial charge in [-0.25, -0.2) is 0 Å². The first-order chi connectivity index (χ1) is 36.5. The lowest BCUT2D eigenvalue weighted by atomic mass is 10.0. The predicted molar refractivity (Wildman–Crippen MR) is 324 cm³/mol. The Morgan fingerprint density at radius 2 is 0.622 bits per heavy atom. The Bertz CT molecular complexity index is 1110. The van der Waals surface area contributed by atoms with Crippen molar-refractivity contribution in [3.05, 3.63) is 12.2 Å². The predicted octanol–water partition coefficient (Wildman–Crippen LogP) is 21.6. The van der Waals surface area contributed by atoms with E-state index in [1.165, 1.54) is 321 Å². The number of hydrogen-bond donors (Lipinski definition) is 3. The fraction of sp³-hybridized carbons (Fsp3) is 0.941. The van der Waals surface area contributed by atoms with Gasteiger partial charge in [0.2, 0.25) is 5.91 Å². The molecule has 0 bridgehead atoms. The van der Waals surface area contributed by atoms with Crippen LogP contribution in [0.4, 0.5) is 0 Å². The van der Waals surface area contributed by atoms with E-state index in [0.29, 0.717) is 19.4 Å². The van der Waals surface area contributed by atoms with Gasteiger partial charge in [-0.3, -0.25) is 9.59 Å². The molecule has 0 saturated carbocycles. The number of nitrogens with one attached hydrogen (secondary N) is 1. The zero-order valence-electron chi connectivity index (χ0n) is 50.4. The molecular weight excluding hydrogens is 911 g/mol. The fourth-order valence-electron chi connectivity index (χ4n) is 10.9. The van der Waals surface area contributed by atoms with Crippen molar-refractivity contribution in [1.82, 2.24) is 5.32 Å². The SMILES string of the molecule is CCCCCCCCCCC/C=C/C(O)C(CO)NC(=O)CCCCCCCCCCCCCCCCCCCCCCCCCCCCCCCCCCOC(=O)CCCCCCCCCCCCCCCC. The van der Waals surface area contributed by atoms with E-state index in [4.69, 9.17) is 4.74 Å². The fourth-order valence-corrected chi connectivity index (χ4v) is 10.9. The number of esters is 1. The highest BCUT2D eigenvalue weighted by Gasteiger charge is 2.18. The second-order valence-electron chi connectivity index (χ2n) is 23.5. The molecule has 0 rings (SSSR count). The van der Waals surface area contributed by atoms with Crippen LogP contribution in [0.5, 0.6) is 0 Å². The molecule has 0 aromatic rings. The van der Waals surface area contributed by atoms with E-state index >= 15 is 0 Å². The Labute approximate surface area is 463 Å². The van der Waals surface area contributed by atoms with E-state index in [0.717, 1.165) is 38.5 Å². The van der Waals surface area contributed by atoms with Crippen molar-refractivity contribution in [3.8, 4) is 0 Å². The van der Waals surface area contributed by atoms with Crippen LogP contribution >= 0.6 is 0 Å². The van der Waals surface area contributed by atoms with Crippen molar-refractivity contribution in [1.29, 1.82) is 0 Å². The molecule has 1 amide bonds. The van der Waals surface area contributed by atoms with E-state index < -0.39 is 12.1 Å². The molecule has 0 aromatic heterocycles. The van der Waals surface area contributed by atoms with Crippen molar-refractivity contribution >= 4 is 11.9 Å². The molecule has 2 unspecified atom stereocenters. The lowest BCUT2D eigenvalue weighted by molar-refractivity contribution is -0.143. The quantitative estimate of drug-likeness (QED) is 0.0320. The van der Waals surface area contributed by atoms with Crippen LogP contribution in [0.15, 0.2) is 12.2 Å². The molecular formula is C68H133NO5. The summed E-state index contributed by atoms with van der Waals surface area (Å²) in [6.45, 7) is 4.93. The van der Waals surface area contributed by atoms with Crippen LogP contribution in [0.3, 0.4) is 0 Å². The van der Waals surface area contributed by atoms with Crippen LogP contribution in [0.1, 0.15) is 386 Å². The van der Waals surface area contributed by atoms with Gasteiger partial charge in [-0.1, -0.05) is 353 Å². The summed E-state index contributed by atoms with van der Waals surface area (Å²) in [5, 5.41) is 23.0. The van der Waals surface area contributed by atoms with Crippen LogP contribution in [-0.2, 0) is 14.3 Å². The number of carbonyl (C=O) groups excluding carboxylic acids is 2. The number of hydrogen-bond acceptors (Lipinski definition) is 5. The van der Waals surface area contributed by atoms with Gasteiger partial charge in [0.25, 0.3) is 0 Å². The van der Waals surface area contributed by atoms with Gasteiger partial charge in [-0.05, 0) is 32.1 Å². The number of ether oxygens (including phenoxy) is 1. The molecule has 440 valence electrons. The molecule has 6 nitrogen and oxygen atoms in total. The number of aliphatic hydroxyl groups excluding tert-OH is 2. The third-order valence-corrected chi connectivity index (χ3v) is 16.1. The molecule has 2 atom stereocenters. The number of aliphatic hydroxyl groups is 2. The second-order valence-corrected chi connectivity index (χ2v) is 23.5. The van der Waals surface area contributed by atoms with Gasteiger partial charge in [0, 0.05) is 12.8 Å². The third-order valence-electron chi connectivity index (χ3n) is 16.1. The van der Waals surface area contributed by atoms with Crippen molar-refractivity contribution in [2.75, 3.05) is 13.2 Å². The molecule has 0 aromatic carbocycles. The molecule has 0 radical (unpaired) electrons. The van der Waals surface area contributed by atoms with E-state index in [1.54, 1.807) is 6.08 Å². The van der Waals surface area contributed by atoms with Crippen molar-refractivity contribution < 1.29 is 24.5 Å². The molecule has 0 saturated heterocycles. The Morgan fingerprint density at radius 3 is 0.919 bits per heavy atom. The van der Waals surface area contributed by atoms with Gasteiger partial charge in [0.1, 0.15) is 0 Å². The minimum Gasteiger partial charge on any atom is -0.466 e. The molecule has 3 N–H and O–H groups in total. The average Bonchev–Trinajstić information content (AvgIpc) is 3.40. The van der Waals surface area contributed by atoms with Crippen molar-refractivity contribution in [2.24, 2.45) is 0 Å². The van der Waals surface area contributed by atoms with E-state index in [9.17, 15) is 19.8 Å². The standard InChI is InChI=1S/C68H133NO5/c1-3-5-7-9-11-13-15-16-38-42-46-50-54-58-62-68(73)74-63-59-55-51-47-43-39-36-34-32-30-28-26-24-22-20-18-17-19-21-23-25-27-29-31-33-35-37-41-45-49-53-57-61-67(72)69-65(64-70)66(71)60-56-52-48-44-40-14-12-10-8-6-4-2/h56,60,65-66,70-71H,3-55,57-59,61-64H2,1-2H3,(H,69,72)/b60-56+. The zero-order chi connectivity index (χ0) is 53.6. The van der Waals surface area contributed by atoms with Gasteiger partial charge >= 0.3 is 5.97 Å². The van der Waals surface area contributed by atoms with Gasteiger partial charge in [-0.2, -0.15) is 0 Å². The summed E-state index contributed by atoms with van der Waals surface area (Å²) in [7, 11) is 0. The smallest absolute Gasteiger partial charge is 0.305 e. The largest absolute Gasteiger partial charge is 0.466 e. The summed E-state index contributed by atoms with van der Waals surface area (Å²) in [6, 6.07) is -0.622. The Kier molecular flexibility index (Phi) is 62.9. The van der Waals surface area contributed by atoms with Gasteiger partial charge < -0.3 is 20.3 Å². The monoisotopic (exact) mass is 1040 g/mol. The molecule has 0 spiro atoms.